The summed E-state index contributed by atoms with van der Waals surface area (Å²) in [6.45, 7) is 3.57. The molecule has 1 aromatic carbocycles. The van der Waals surface area contributed by atoms with E-state index in [9.17, 15) is 14.4 Å². The zero-order chi connectivity index (χ0) is 16.4. The topological polar surface area (TPSA) is 63.7 Å². The van der Waals surface area contributed by atoms with E-state index in [1.807, 2.05) is 0 Å². The second-order valence-corrected chi connectivity index (χ2v) is 6.01. The van der Waals surface area contributed by atoms with Crippen molar-refractivity contribution in [1.82, 2.24) is 4.90 Å². The third kappa shape index (κ3) is 3.04. The molecule has 0 atom stereocenters. The Bertz CT molecular complexity index is 638. The molecule has 1 heterocycles. The summed E-state index contributed by atoms with van der Waals surface area (Å²) in [6, 6.07) is 6.64. The fourth-order valence-electron chi connectivity index (χ4n) is 3.06. The van der Waals surface area contributed by atoms with Gasteiger partial charge in [0.05, 0.1) is 17.7 Å². The number of esters is 1. The molecule has 0 unspecified atom stereocenters. The molecular formula is C18H19NO4. The zero-order valence-corrected chi connectivity index (χ0v) is 12.9. The molecular weight excluding hydrogens is 294 g/mol. The first-order chi connectivity index (χ1) is 11.1. The molecule has 5 heteroatoms. The van der Waals surface area contributed by atoms with Crippen molar-refractivity contribution in [1.29, 1.82) is 0 Å². The van der Waals surface area contributed by atoms with Gasteiger partial charge >= 0.3 is 5.97 Å². The van der Waals surface area contributed by atoms with E-state index in [0.29, 0.717) is 11.1 Å². The van der Waals surface area contributed by atoms with Crippen LogP contribution >= 0.6 is 0 Å². The zero-order valence-electron chi connectivity index (χ0n) is 12.9. The molecule has 2 aliphatic rings. The van der Waals surface area contributed by atoms with Gasteiger partial charge in [0, 0.05) is 5.57 Å². The maximum Gasteiger partial charge on any atom is 0.335 e. The van der Waals surface area contributed by atoms with Crippen LogP contribution in [0.15, 0.2) is 36.4 Å². The van der Waals surface area contributed by atoms with Crippen LogP contribution in [-0.2, 0) is 9.53 Å². The number of carbonyl (C=O) groups is 3. The van der Waals surface area contributed by atoms with Gasteiger partial charge in [-0.2, -0.15) is 0 Å². The molecule has 1 aliphatic heterocycles. The van der Waals surface area contributed by atoms with Crippen LogP contribution in [0.3, 0.4) is 0 Å². The lowest BCUT2D eigenvalue weighted by molar-refractivity contribution is -0.145. The van der Waals surface area contributed by atoms with Gasteiger partial charge in [0.25, 0.3) is 11.8 Å². The number of fused-ring (bicyclic) bond motifs is 1. The van der Waals surface area contributed by atoms with Crippen LogP contribution in [0.5, 0.6) is 0 Å². The van der Waals surface area contributed by atoms with Gasteiger partial charge in [0.15, 0.2) is 0 Å². The summed E-state index contributed by atoms with van der Waals surface area (Å²) >= 11 is 0. The lowest BCUT2D eigenvalue weighted by Gasteiger charge is -2.23. The number of carbonyl (C=O) groups excluding carboxylic acids is 3. The Balaban J connectivity index is 1.63. The Hall–Kier alpha value is -2.43. The molecule has 0 radical (unpaired) electrons. The number of benzene rings is 1. The first kappa shape index (κ1) is 15.5. The number of hydrogen-bond donors (Lipinski definition) is 0. The summed E-state index contributed by atoms with van der Waals surface area (Å²) < 4.78 is 5.42. The second-order valence-electron chi connectivity index (χ2n) is 6.01. The van der Waals surface area contributed by atoms with Crippen LogP contribution in [0.4, 0.5) is 0 Å². The summed E-state index contributed by atoms with van der Waals surface area (Å²) in [6.07, 6.45) is 4.95. The number of nitrogens with zero attached hydrogens (tertiary/aromatic N) is 1. The van der Waals surface area contributed by atoms with E-state index >= 15 is 0 Å². The minimum atomic E-state index is -0.520. The minimum absolute atomic E-state index is 0.0739. The molecule has 23 heavy (non-hydrogen) atoms. The van der Waals surface area contributed by atoms with Crippen LogP contribution in [0.2, 0.25) is 0 Å². The van der Waals surface area contributed by atoms with Gasteiger partial charge in [-0.05, 0) is 37.8 Å². The lowest BCUT2D eigenvalue weighted by atomic mass is 9.98. The minimum Gasteiger partial charge on any atom is -0.459 e. The van der Waals surface area contributed by atoms with E-state index in [4.69, 9.17) is 4.74 Å². The fourth-order valence-corrected chi connectivity index (χ4v) is 3.06. The van der Waals surface area contributed by atoms with E-state index in [1.54, 1.807) is 24.3 Å². The van der Waals surface area contributed by atoms with Crippen LogP contribution in [0.1, 0.15) is 52.8 Å². The molecule has 2 amide bonds. The van der Waals surface area contributed by atoms with Crippen molar-refractivity contribution in [2.75, 3.05) is 6.54 Å². The summed E-state index contributed by atoms with van der Waals surface area (Å²) in [5, 5.41) is 0. The maximum absolute atomic E-state index is 12.3. The fraction of sp³-hybridized carbons (Fsp3) is 0.389. The van der Waals surface area contributed by atoms with Crippen molar-refractivity contribution < 1.29 is 19.1 Å². The lowest BCUT2D eigenvalue weighted by Crippen LogP contribution is -2.34. The van der Waals surface area contributed by atoms with Crippen LogP contribution in [0.25, 0.3) is 0 Å². The van der Waals surface area contributed by atoms with Gasteiger partial charge in [-0.25, -0.2) is 4.79 Å². The highest BCUT2D eigenvalue weighted by Gasteiger charge is 2.36. The summed E-state index contributed by atoms with van der Waals surface area (Å²) in [4.78, 5) is 37.7. The average Bonchev–Trinajstić information content (AvgIpc) is 2.81. The summed E-state index contributed by atoms with van der Waals surface area (Å²) in [7, 11) is 0. The monoisotopic (exact) mass is 313 g/mol. The first-order valence-corrected chi connectivity index (χ1v) is 7.92. The highest BCUT2D eigenvalue weighted by Crippen LogP contribution is 2.24. The predicted octanol–water partition coefficient (Wildman–Crippen LogP) is 2.71. The smallest absolute Gasteiger partial charge is 0.335 e. The third-order valence-electron chi connectivity index (χ3n) is 4.34. The highest BCUT2D eigenvalue weighted by atomic mass is 16.5. The van der Waals surface area contributed by atoms with E-state index in [2.05, 4.69) is 6.58 Å². The van der Waals surface area contributed by atoms with Crippen molar-refractivity contribution in [3.05, 3.63) is 47.5 Å². The molecule has 0 N–H and O–H groups in total. The van der Waals surface area contributed by atoms with Crippen molar-refractivity contribution in [2.45, 2.75) is 38.2 Å². The number of rotatable bonds is 4. The van der Waals surface area contributed by atoms with E-state index in [1.165, 1.54) is 6.42 Å². The molecule has 1 saturated carbocycles. The van der Waals surface area contributed by atoms with E-state index in [0.717, 1.165) is 30.6 Å². The largest absolute Gasteiger partial charge is 0.459 e. The van der Waals surface area contributed by atoms with Gasteiger partial charge in [-0.15, -0.1) is 0 Å². The van der Waals surface area contributed by atoms with Crippen LogP contribution in [-0.4, -0.2) is 35.3 Å². The van der Waals surface area contributed by atoms with Crippen LogP contribution in [0, 0.1) is 0 Å². The summed E-state index contributed by atoms with van der Waals surface area (Å²) in [5.41, 5.74) is 0.863. The van der Waals surface area contributed by atoms with E-state index in [-0.39, 0.29) is 18.2 Å². The van der Waals surface area contributed by atoms with Gasteiger partial charge in [-0.1, -0.05) is 25.1 Å². The van der Waals surface area contributed by atoms with E-state index < -0.39 is 17.8 Å². The number of imide groups is 1. The van der Waals surface area contributed by atoms with Crippen molar-refractivity contribution in [3.8, 4) is 0 Å². The Morgan fingerprint density at radius 2 is 1.65 bits per heavy atom. The van der Waals surface area contributed by atoms with Crippen LogP contribution < -0.4 is 0 Å². The number of hydrogen-bond acceptors (Lipinski definition) is 4. The molecule has 5 nitrogen and oxygen atoms in total. The highest BCUT2D eigenvalue weighted by molar-refractivity contribution is 6.21. The first-order valence-electron chi connectivity index (χ1n) is 7.92. The Morgan fingerprint density at radius 3 is 2.22 bits per heavy atom. The van der Waals surface area contributed by atoms with Gasteiger partial charge in [0.1, 0.15) is 6.10 Å². The van der Waals surface area contributed by atoms with Gasteiger partial charge in [0.2, 0.25) is 0 Å². The standard InChI is InChI=1S/C18H19NO4/c1-12(18(22)23-13-7-3-2-4-8-13)11-19-16(20)14-9-5-6-10-15(14)17(19)21/h5-6,9-10,13H,1-4,7-8,11H2. The average molecular weight is 313 g/mol. The van der Waals surface area contributed by atoms with Crippen molar-refractivity contribution >= 4 is 17.8 Å². The Morgan fingerprint density at radius 1 is 1.09 bits per heavy atom. The normalized spacial score (nSPS) is 18.0. The SMILES string of the molecule is C=C(CN1C(=O)c2ccccc2C1=O)C(=O)OC1CCCCC1. The summed E-state index contributed by atoms with van der Waals surface area (Å²) in [5.74, 6) is -1.30. The van der Waals surface area contributed by atoms with Crippen molar-refractivity contribution in [3.63, 3.8) is 0 Å². The molecule has 0 spiro atoms. The van der Waals surface area contributed by atoms with Gasteiger partial charge < -0.3 is 4.74 Å². The number of amides is 2. The molecule has 3 rings (SSSR count). The molecule has 0 bridgehead atoms. The van der Waals surface area contributed by atoms with Gasteiger partial charge in [-0.3, -0.25) is 14.5 Å². The third-order valence-corrected chi connectivity index (χ3v) is 4.34. The predicted molar refractivity (Wildman–Crippen MR) is 83.9 cm³/mol. The molecule has 1 aromatic rings. The Kier molecular flexibility index (Phi) is 4.28. The number of ether oxygens (including phenoxy) is 1. The molecule has 1 aliphatic carbocycles. The second kappa shape index (κ2) is 6.36. The molecule has 0 aromatic heterocycles. The quantitative estimate of drug-likeness (QED) is 0.487. The molecule has 120 valence electrons. The molecule has 1 fully saturated rings. The molecule has 0 saturated heterocycles. The Labute approximate surface area is 134 Å². The van der Waals surface area contributed by atoms with Crippen molar-refractivity contribution in [2.24, 2.45) is 0 Å². The maximum atomic E-state index is 12.3.